The summed E-state index contributed by atoms with van der Waals surface area (Å²) in [6.07, 6.45) is 3.12. The minimum Gasteiger partial charge on any atom is -0.354 e. The maximum absolute atomic E-state index is 11.5. The lowest BCUT2D eigenvalue weighted by molar-refractivity contribution is -0.121. The molecule has 2 N–H and O–H groups in total. The number of carbonyl (C=O) groups is 1. The average Bonchev–Trinajstić information content (AvgIpc) is 2.91. The Labute approximate surface area is 126 Å². The van der Waals surface area contributed by atoms with E-state index in [2.05, 4.69) is 35.7 Å². The summed E-state index contributed by atoms with van der Waals surface area (Å²) in [4.78, 5) is 27.3. The van der Waals surface area contributed by atoms with Crippen LogP contribution >= 0.6 is 11.6 Å². The second-order valence-corrected chi connectivity index (χ2v) is 4.81. The summed E-state index contributed by atoms with van der Waals surface area (Å²) in [6, 6.07) is 0.114. The molecule has 21 heavy (non-hydrogen) atoms. The normalized spacial score (nSPS) is 10.7. The topological polar surface area (TPSA) is 111 Å². The third kappa shape index (κ3) is 4.63. The summed E-state index contributed by atoms with van der Waals surface area (Å²) in [5, 5.41) is 9.66. The van der Waals surface area contributed by atoms with E-state index in [1.54, 1.807) is 0 Å². The molecule has 112 valence electrons. The van der Waals surface area contributed by atoms with Crippen LogP contribution in [0.15, 0.2) is 12.7 Å². The smallest absolute Gasteiger partial charge is 0.258 e. The Kier molecular flexibility index (Phi) is 4.99. The van der Waals surface area contributed by atoms with Gasteiger partial charge in [0.25, 0.3) is 5.95 Å². The predicted molar refractivity (Wildman–Crippen MR) is 76.1 cm³/mol. The van der Waals surface area contributed by atoms with Gasteiger partial charge in [0.2, 0.25) is 17.1 Å². The first-order chi connectivity index (χ1) is 10.0. The lowest BCUT2D eigenvalue weighted by Crippen LogP contribution is -2.31. The van der Waals surface area contributed by atoms with Crippen LogP contribution in [-0.2, 0) is 4.79 Å². The molecule has 0 fully saturated rings. The average molecular weight is 311 g/mol. The number of amides is 1. The van der Waals surface area contributed by atoms with Gasteiger partial charge >= 0.3 is 0 Å². The molecule has 0 unspecified atom stereocenters. The summed E-state index contributed by atoms with van der Waals surface area (Å²) >= 11 is 5.83. The van der Waals surface area contributed by atoms with Gasteiger partial charge in [0, 0.05) is 19.0 Å². The molecule has 0 bridgehead atoms. The fraction of sp³-hybridized carbons (Fsp3) is 0.455. The quantitative estimate of drug-likeness (QED) is 0.796. The molecule has 2 aromatic heterocycles. The van der Waals surface area contributed by atoms with Gasteiger partial charge in [-0.25, -0.2) is 4.98 Å². The number of nitrogens with one attached hydrogen (secondary N) is 2. The Morgan fingerprint density at radius 3 is 2.86 bits per heavy atom. The highest BCUT2D eigenvalue weighted by Gasteiger charge is 2.08. The van der Waals surface area contributed by atoms with Crippen molar-refractivity contribution in [2.24, 2.45) is 0 Å². The van der Waals surface area contributed by atoms with Crippen LogP contribution in [0.3, 0.4) is 0 Å². The van der Waals surface area contributed by atoms with E-state index in [1.165, 1.54) is 17.3 Å². The van der Waals surface area contributed by atoms with Crippen molar-refractivity contribution in [1.29, 1.82) is 0 Å². The molecule has 2 rings (SSSR count). The Bertz CT molecular complexity index is 600. The minimum absolute atomic E-state index is 0.0321. The molecule has 0 saturated heterocycles. The zero-order chi connectivity index (χ0) is 15.2. The highest BCUT2D eigenvalue weighted by atomic mass is 35.5. The van der Waals surface area contributed by atoms with Crippen molar-refractivity contribution in [2.45, 2.75) is 26.3 Å². The van der Waals surface area contributed by atoms with E-state index in [1.807, 2.05) is 13.8 Å². The van der Waals surface area contributed by atoms with Crippen LogP contribution in [0.25, 0.3) is 5.95 Å². The minimum atomic E-state index is -0.0471. The van der Waals surface area contributed by atoms with Gasteiger partial charge in [-0.3, -0.25) is 4.79 Å². The molecular formula is C11H15ClN8O. The van der Waals surface area contributed by atoms with Crippen LogP contribution in [-0.4, -0.2) is 48.2 Å². The van der Waals surface area contributed by atoms with Crippen LogP contribution in [0.4, 0.5) is 5.95 Å². The molecule has 0 aromatic carbocycles. The van der Waals surface area contributed by atoms with E-state index in [4.69, 9.17) is 11.6 Å². The van der Waals surface area contributed by atoms with Crippen molar-refractivity contribution < 1.29 is 4.79 Å². The molecule has 0 spiro atoms. The molecule has 0 aliphatic heterocycles. The van der Waals surface area contributed by atoms with E-state index in [9.17, 15) is 4.79 Å². The van der Waals surface area contributed by atoms with E-state index >= 15 is 0 Å². The monoisotopic (exact) mass is 310 g/mol. The Hall–Kier alpha value is -2.29. The molecule has 10 heteroatoms. The highest BCUT2D eigenvalue weighted by molar-refractivity contribution is 6.28. The number of aromatic nitrogens is 6. The SMILES string of the molecule is CC(C)NC(=O)CCNc1nc(Cl)nc(-n2cncn2)n1. The third-order valence-corrected chi connectivity index (χ3v) is 2.47. The second kappa shape index (κ2) is 6.93. The summed E-state index contributed by atoms with van der Waals surface area (Å²) in [5.74, 6) is 0.480. The van der Waals surface area contributed by atoms with E-state index in [0.717, 1.165) is 0 Å². The van der Waals surface area contributed by atoms with Crippen LogP contribution in [0.5, 0.6) is 0 Å². The van der Waals surface area contributed by atoms with Crippen molar-refractivity contribution >= 4 is 23.5 Å². The standard InChI is InChI=1S/C11H15ClN8O/c1-7(2)16-8(21)3-4-14-10-17-9(12)18-11(19-10)20-6-13-5-15-20/h5-7H,3-4H2,1-2H3,(H,16,21)(H,14,17,18,19). The summed E-state index contributed by atoms with van der Waals surface area (Å²) < 4.78 is 1.37. The van der Waals surface area contributed by atoms with Crippen molar-refractivity contribution in [3.05, 3.63) is 17.9 Å². The number of hydrogen-bond donors (Lipinski definition) is 2. The number of anilines is 1. The zero-order valence-corrected chi connectivity index (χ0v) is 12.4. The first kappa shape index (κ1) is 15.1. The maximum Gasteiger partial charge on any atom is 0.258 e. The first-order valence-corrected chi connectivity index (χ1v) is 6.72. The number of hydrogen-bond acceptors (Lipinski definition) is 7. The molecular weight excluding hydrogens is 296 g/mol. The molecule has 0 atom stereocenters. The zero-order valence-electron chi connectivity index (χ0n) is 11.6. The first-order valence-electron chi connectivity index (χ1n) is 6.34. The van der Waals surface area contributed by atoms with Crippen LogP contribution in [0.1, 0.15) is 20.3 Å². The van der Waals surface area contributed by atoms with Crippen molar-refractivity contribution in [1.82, 2.24) is 35.0 Å². The van der Waals surface area contributed by atoms with E-state index in [-0.39, 0.29) is 29.1 Å². The van der Waals surface area contributed by atoms with Crippen molar-refractivity contribution in [3.63, 3.8) is 0 Å². The van der Waals surface area contributed by atoms with Gasteiger partial charge in [-0.2, -0.15) is 24.7 Å². The highest BCUT2D eigenvalue weighted by Crippen LogP contribution is 2.08. The van der Waals surface area contributed by atoms with Crippen LogP contribution < -0.4 is 10.6 Å². The third-order valence-electron chi connectivity index (χ3n) is 2.30. The van der Waals surface area contributed by atoms with E-state index < -0.39 is 0 Å². The molecule has 0 radical (unpaired) electrons. The maximum atomic E-state index is 11.5. The molecule has 1 amide bonds. The lowest BCUT2D eigenvalue weighted by atomic mass is 10.3. The summed E-state index contributed by atoms with van der Waals surface area (Å²) in [6.45, 7) is 4.19. The summed E-state index contributed by atoms with van der Waals surface area (Å²) in [7, 11) is 0. The van der Waals surface area contributed by atoms with Gasteiger partial charge in [-0.1, -0.05) is 0 Å². The summed E-state index contributed by atoms with van der Waals surface area (Å²) in [5.41, 5.74) is 0. The largest absolute Gasteiger partial charge is 0.354 e. The second-order valence-electron chi connectivity index (χ2n) is 4.47. The Morgan fingerprint density at radius 2 is 2.19 bits per heavy atom. The Morgan fingerprint density at radius 1 is 1.38 bits per heavy atom. The number of nitrogens with zero attached hydrogens (tertiary/aromatic N) is 6. The van der Waals surface area contributed by atoms with Crippen LogP contribution in [0, 0.1) is 0 Å². The number of rotatable bonds is 6. The van der Waals surface area contributed by atoms with Gasteiger partial charge in [0.15, 0.2) is 0 Å². The molecule has 9 nitrogen and oxygen atoms in total. The van der Waals surface area contributed by atoms with E-state index in [0.29, 0.717) is 13.0 Å². The van der Waals surface area contributed by atoms with Crippen molar-refractivity contribution in [3.8, 4) is 5.95 Å². The van der Waals surface area contributed by atoms with Gasteiger partial charge in [-0.15, -0.1) is 0 Å². The van der Waals surface area contributed by atoms with Gasteiger partial charge < -0.3 is 10.6 Å². The molecule has 2 heterocycles. The van der Waals surface area contributed by atoms with Gasteiger partial charge in [-0.05, 0) is 25.4 Å². The number of carbonyl (C=O) groups excluding carboxylic acids is 1. The molecule has 0 saturated carbocycles. The Balaban J connectivity index is 1.96. The fourth-order valence-electron chi connectivity index (χ4n) is 1.51. The number of halogens is 1. The molecule has 0 aliphatic rings. The van der Waals surface area contributed by atoms with Gasteiger partial charge in [0.1, 0.15) is 12.7 Å². The lowest BCUT2D eigenvalue weighted by Gasteiger charge is -2.09. The molecule has 0 aliphatic carbocycles. The predicted octanol–water partition coefficient (Wildman–Crippen LogP) is 0.432. The molecule has 2 aromatic rings. The van der Waals surface area contributed by atoms with Gasteiger partial charge in [0.05, 0.1) is 0 Å². The van der Waals surface area contributed by atoms with Crippen molar-refractivity contribution in [2.75, 3.05) is 11.9 Å². The van der Waals surface area contributed by atoms with Crippen LogP contribution in [0.2, 0.25) is 5.28 Å². The fourth-order valence-corrected chi connectivity index (χ4v) is 1.67.